The first-order valence-electron chi connectivity index (χ1n) is 36.3. The van der Waals surface area contributed by atoms with Crippen molar-refractivity contribution in [1.82, 2.24) is 0 Å². The summed E-state index contributed by atoms with van der Waals surface area (Å²) in [5, 5.41) is 15.8. The normalized spacial score (nSPS) is 17.9. The van der Waals surface area contributed by atoms with Crippen LogP contribution in [0.4, 0.5) is 71.3 Å². The third-order valence-electron chi connectivity index (χ3n) is 21.1. The molecule has 17 rings (SSSR count). The van der Waals surface area contributed by atoms with Crippen LogP contribution in [0.1, 0.15) is 93.7 Å². The summed E-state index contributed by atoms with van der Waals surface area (Å²) < 4.78 is 7.86. The van der Waals surface area contributed by atoms with E-state index in [-0.39, 0.29) is 35.9 Å². The Morgan fingerprint density at radius 3 is 1.22 bits per heavy atom. The monoisotopic (exact) mass is 1670 g/mol. The van der Waals surface area contributed by atoms with E-state index >= 15 is 0 Å². The Morgan fingerprint density at radius 1 is 0.450 bits per heavy atom. The number of carbonyl (C=O) groups excluding carboxylic acids is 7. The molecule has 1 unspecified atom stereocenters. The van der Waals surface area contributed by atoms with Crippen molar-refractivity contribution >= 4 is 147 Å². The molecular weight excluding hydrogens is 1590 g/mol. The van der Waals surface area contributed by atoms with Gasteiger partial charge in [0.05, 0.1) is 37.3 Å². The van der Waals surface area contributed by atoms with Gasteiger partial charge in [-0.05, 0) is 224 Å². The Hall–Kier alpha value is -11.6. The molecule has 1 atom stereocenters. The summed E-state index contributed by atoms with van der Waals surface area (Å²) in [7, 11) is 1.44. The minimum absolute atomic E-state index is 0.111. The summed E-state index contributed by atoms with van der Waals surface area (Å²) in [5.41, 5.74) is 5.37. The Bertz CT molecular complexity index is 5130. The summed E-state index contributed by atoms with van der Waals surface area (Å²) in [5.74, 6) is -0.435. The highest BCUT2D eigenvalue weighted by atomic mass is 79.9. The number of aliphatic imine (C=N–C) groups is 1. The van der Waals surface area contributed by atoms with Crippen LogP contribution in [0, 0.1) is 27.0 Å². The Labute approximate surface area is 670 Å². The number of nitrogens with zero attached hydrogens (tertiary/aromatic N) is 9. The van der Waals surface area contributed by atoms with Crippen molar-refractivity contribution in [2.75, 3.05) is 41.8 Å². The molecule has 19 nitrogen and oxygen atoms in total. The van der Waals surface area contributed by atoms with Gasteiger partial charge in [0.25, 0.3) is 11.8 Å². The number of imide groups is 2. The van der Waals surface area contributed by atoms with Crippen LogP contribution >= 0.6 is 47.8 Å². The summed E-state index contributed by atoms with van der Waals surface area (Å²) in [6.07, 6.45) is 11.3. The lowest BCUT2D eigenvalue weighted by Gasteiger charge is -2.52. The van der Waals surface area contributed by atoms with Crippen molar-refractivity contribution in [3.05, 3.63) is 320 Å². The molecule has 3 aliphatic heterocycles. The van der Waals surface area contributed by atoms with Gasteiger partial charge in [-0.3, -0.25) is 29.2 Å². The molecule has 3 heterocycles. The Morgan fingerprint density at radius 2 is 0.847 bits per heavy atom. The molecule has 4 aliphatic carbocycles. The fourth-order valence-corrected chi connectivity index (χ4v) is 16.0. The molecule has 3 saturated heterocycles. The average molecular weight is 1670 g/mol. The van der Waals surface area contributed by atoms with Gasteiger partial charge >= 0.3 is 24.1 Å². The lowest BCUT2D eigenvalue weighted by molar-refractivity contribution is -0.149. The standard InChI is InChI=1S/C26H23N3O2.C19H15N3O2.C18H15BrN2O2.C12H15NO2.C7H4BrNO.C7H7Br/c1-19-8-6-9-20(18-19)26(31)25(16-7-17-25)28(22-10-4-3-5-11-22)24(30)29(26)23-14-12-21(27-2)13-15-23;1-20-14-8-10-15(11-9-14)21-17(23)19(12-5-13-19)22(18(21)24)16-6-3-2-4-7-16;19-13-7-9-14(10-8-13)20-16(22)18(11-4-12-18)21(17(20)23)15-5-2-1-3-6-15;1-15-11(14)12(8-5-9-12)13-10-6-3-2-4-7-10;8-6-1-3-7(4-2-6)9-5-10;1-6-3-2-4-7(8)5-6/h3-6,8-15,18,31H,7,16-17H2,1H3;2-4,6-11H,5,12-13H2;1-3,5-10H,4,11-12H2;2-4,6-7,13H,5,8-9H2,1H3;1-4H;2-5H,1H3. The number of hydrogen-bond donors (Lipinski definition) is 2. The van der Waals surface area contributed by atoms with Crippen LogP contribution in [0.2, 0.25) is 0 Å². The number of rotatable bonds is 11. The number of isocyanates is 1. The highest BCUT2D eigenvalue weighted by Crippen LogP contribution is 2.59. The van der Waals surface area contributed by atoms with Crippen molar-refractivity contribution in [3.63, 3.8) is 0 Å². The van der Waals surface area contributed by atoms with Crippen molar-refractivity contribution < 1.29 is 43.4 Å². The van der Waals surface area contributed by atoms with Crippen molar-refractivity contribution in [3.8, 4) is 0 Å². The SMILES string of the molecule is COC(=O)C1(Nc2ccccc2)CCC1.Cc1cccc(Br)c1.O=C1N(c2ccc(Br)cc2)C(=O)C2(CCC2)N1c1ccccc1.O=C=Nc1ccc(Br)cc1.[C-]#[N+]c1ccc(N2C(=O)N(c3ccccc3)C3(CCC3)C2(O)c2cccc(C)c2)cc1.[C-]#[N+]c1ccc(N2C(=O)N(c3ccccc3)C3(CCC3)C2=O)cc1. The van der Waals surface area contributed by atoms with Crippen LogP contribution in [0.3, 0.4) is 0 Å². The van der Waals surface area contributed by atoms with Gasteiger partial charge in [-0.15, -0.1) is 0 Å². The van der Waals surface area contributed by atoms with Crippen molar-refractivity contribution in [2.24, 2.45) is 4.99 Å². The molecule has 7 aliphatic rings. The zero-order valence-corrected chi connectivity index (χ0v) is 66.0. The molecule has 0 radical (unpaired) electrons. The highest BCUT2D eigenvalue weighted by Gasteiger charge is 2.71. The molecule has 7 fully saturated rings. The zero-order valence-electron chi connectivity index (χ0n) is 61.3. The maximum atomic E-state index is 14.0. The second-order valence-corrected chi connectivity index (χ2v) is 30.6. The fraction of sp³-hybridized carbons (Fsp3) is 0.225. The van der Waals surface area contributed by atoms with Crippen molar-refractivity contribution in [2.45, 2.75) is 119 Å². The number of halogens is 3. The molecule has 3 spiro atoms. The lowest BCUT2D eigenvalue weighted by atomic mass is 9.66. The van der Waals surface area contributed by atoms with E-state index in [4.69, 9.17) is 17.9 Å². The Balaban J connectivity index is 0.000000130. The predicted molar refractivity (Wildman–Crippen MR) is 444 cm³/mol. The molecule has 22 heteroatoms. The van der Waals surface area contributed by atoms with Crippen LogP contribution < -0.4 is 34.7 Å². The van der Waals surface area contributed by atoms with Gasteiger partial charge in [-0.1, -0.05) is 192 Å². The topological polar surface area (TPSA) is 202 Å². The van der Waals surface area contributed by atoms with Crippen LogP contribution in [0.5, 0.6) is 0 Å². The van der Waals surface area contributed by atoms with E-state index in [0.717, 1.165) is 93.1 Å². The molecule has 560 valence electrons. The van der Waals surface area contributed by atoms with Gasteiger partial charge in [0.15, 0.2) is 17.1 Å². The van der Waals surface area contributed by atoms with E-state index in [1.807, 2.05) is 189 Å². The third-order valence-corrected chi connectivity index (χ3v) is 22.6. The first-order valence-corrected chi connectivity index (χ1v) is 38.7. The average Bonchev–Trinajstić information content (AvgIpc) is 1.52. The van der Waals surface area contributed by atoms with E-state index in [2.05, 4.69) is 86.8 Å². The third kappa shape index (κ3) is 15.9. The first kappa shape index (κ1) is 78.9. The van der Waals surface area contributed by atoms with E-state index in [9.17, 15) is 38.7 Å². The number of aryl methyl sites for hydroxylation is 2. The minimum atomic E-state index is -1.54. The number of methoxy groups -OCH3 is 1. The smallest absolute Gasteiger partial charge is 0.336 e. The number of hydrogen-bond acceptors (Lipinski definition) is 11. The number of esters is 1. The molecule has 2 N–H and O–H groups in total. The number of amides is 8. The number of nitrogens with one attached hydrogen (secondary N) is 1. The lowest BCUT2D eigenvalue weighted by Crippen LogP contribution is -2.63. The number of benzene rings is 10. The van der Waals surface area contributed by atoms with Gasteiger partial charge in [0, 0.05) is 47.4 Å². The maximum absolute atomic E-state index is 14.0. The molecule has 111 heavy (non-hydrogen) atoms. The van der Waals surface area contributed by atoms with Crippen LogP contribution in [-0.4, -0.2) is 76.3 Å². The maximum Gasteiger partial charge on any atom is 0.336 e. The van der Waals surface area contributed by atoms with E-state index < -0.39 is 27.9 Å². The number of anilines is 7. The molecular formula is C89H79Br3N10O9. The van der Waals surface area contributed by atoms with Crippen molar-refractivity contribution in [1.29, 1.82) is 0 Å². The Kier molecular flexibility index (Phi) is 24.6. The van der Waals surface area contributed by atoms with Crippen LogP contribution in [0.15, 0.2) is 285 Å². The second-order valence-electron chi connectivity index (χ2n) is 27.8. The predicted octanol–water partition coefficient (Wildman–Crippen LogP) is 21.6. The van der Waals surface area contributed by atoms with Crippen LogP contribution in [0.25, 0.3) is 9.69 Å². The van der Waals surface area contributed by atoms with E-state index in [0.29, 0.717) is 65.4 Å². The zero-order chi connectivity index (χ0) is 78.5. The summed E-state index contributed by atoms with van der Waals surface area (Å²) >= 11 is 10.00. The number of carbonyl (C=O) groups is 6. The van der Waals surface area contributed by atoms with Crippen LogP contribution in [-0.2, 0) is 29.6 Å². The molecule has 4 saturated carbocycles. The summed E-state index contributed by atoms with van der Waals surface area (Å²) in [4.78, 5) is 107. The van der Waals surface area contributed by atoms with Gasteiger partial charge in [-0.25, -0.2) is 43.5 Å². The number of para-hydroxylation sites is 4. The van der Waals surface area contributed by atoms with E-state index in [1.54, 1.807) is 87.5 Å². The fourth-order valence-electron chi connectivity index (χ4n) is 15.0. The summed E-state index contributed by atoms with van der Waals surface area (Å²) in [6, 6.07) is 81.1. The summed E-state index contributed by atoms with van der Waals surface area (Å²) in [6.45, 7) is 18.3. The number of urea groups is 3. The van der Waals surface area contributed by atoms with Gasteiger partial charge < -0.3 is 15.2 Å². The quantitative estimate of drug-likeness (QED) is 0.0412. The van der Waals surface area contributed by atoms with Gasteiger partial charge in [0.1, 0.15) is 22.2 Å². The molecule has 10 aromatic carbocycles. The first-order chi connectivity index (χ1) is 53.7. The van der Waals surface area contributed by atoms with Gasteiger partial charge in [-0.2, -0.15) is 4.99 Å². The second kappa shape index (κ2) is 34.5. The number of ether oxygens (including phenoxy) is 1. The molecule has 8 amide bonds. The molecule has 0 aromatic heterocycles. The minimum Gasteiger partial charge on any atom is -0.467 e. The molecule has 0 bridgehead atoms. The largest absolute Gasteiger partial charge is 0.467 e. The van der Waals surface area contributed by atoms with Gasteiger partial charge in [0.2, 0.25) is 6.08 Å². The molecule has 10 aromatic rings. The highest BCUT2D eigenvalue weighted by molar-refractivity contribution is 9.11. The van der Waals surface area contributed by atoms with E-state index in [1.165, 1.54) is 33.5 Å². The number of aliphatic hydroxyl groups is 1.